The third kappa shape index (κ3) is 3.59. The average Bonchev–Trinajstić information content (AvgIpc) is 3.21. The van der Waals surface area contributed by atoms with Gasteiger partial charge in [0.2, 0.25) is 5.91 Å². The number of carbonyl (C=O) groups is 1. The van der Waals surface area contributed by atoms with E-state index >= 15 is 0 Å². The van der Waals surface area contributed by atoms with Gasteiger partial charge in [-0.15, -0.1) is 11.3 Å². The van der Waals surface area contributed by atoms with Crippen LogP contribution in [0.25, 0.3) is 16.2 Å². The molecule has 0 bridgehead atoms. The van der Waals surface area contributed by atoms with Crippen LogP contribution < -0.4 is 14.8 Å². The number of methoxy groups -OCH3 is 2. The van der Waals surface area contributed by atoms with E-state index in [4.69, 9.17) is 14.6 Å². The van der Waals surface area contributed by atoms with Crippen molar-refractivity contribution in [3.05, 3.63) is 35.5 Å². The summed E-state index contributed by atoms with van der Waals surface area (Å²) in [4.78, 5) is 17.3. The van der Waals surface area contributed by atoms with Crippen molar-refractivity contribution in [2.24, 2.45) is 0 Å². The number of aliphatic hydroxyl groups is 1. The molecule has 7 nitrogen and oxygen atoms in total. The SMILES string of the molecule is COc1ccc(OC)c(-c2cn3c(CC(=O)NCCO)csc3n2)c1. The Kier molecular flexibility index (Phi) is 5.20. The van der Waals surface area contributed by atoms with E-state index in [2.05, 4.69) is 10.3 Å². The quantitative estimate of drug-likeness (QED) is 0.669. The number of carbonyl (C=O) groups excluding carboxylic acids is 1. The lowest BCUT2D eigenvalue weighted by Gasteiger charge is -2.08. The lowest BCUT2D eigenvalue weighted by atomic mass is 10.1. The van der Waals surface area contributed by atoms with Crippen LogP contribution in [0.1, 0.15) is 5.69 Å². The van der Waals surface area contributed by atoms with Crippen molar-refractivity contribution in [2.45, 2.75) is 6.42 Å². The first-order valence-corrected chi connectivity index (χ1v) is 8.59. The van der Waals surface area contributed by atoms with Crippen molar-refractivity contribution in [2.75, 3.05) is 27.4 Å². The maximum absolute atomic E-state index is 11.9. The van der Waals surface area contributed by atoms with Crippen LogP contribution in [-0.2, 0) is 11.2 Å². The molecule has 1 amide bonds. The van der Waals surface area contributed by atoms with Crippen molar-refractivity contribution in [3.63, 3.8) is 0 Å². The molecule has 0 saturated heterocycles. The number of aliphatic hydroxyl groups excluding tert-OH is 1. The van der Waals surface area contributed by atoms with Gasteiger partial charge < -0.3 is 19.9 Å². The van der Waals surface area contributed by atoms with E-state index in [1.54, 1.807) is 14.2 Å². The maximum Gasteiger partial charge on any atom is 0.226 e. The van der Waals surface area contributed by atoms with Crippen LogP contribution in [0.5, 0.6) is 11.5 Å². The molecule has 0 atom stereocenters. The zero-order chi connectivity index (χ0) is 17.8. The van der Waals surface area contributed by atoms with Gasteiger partial charge in [0.15, 0.2) is 4.96 Å². The molecule has 0 radical (unpaired) electrons. The van der Waals surface area contributed by atoms with Crippen LogP contribution in [0.4, 0.5) is 0 Å². The number of aromatic nitrogens is 2. The highest BCUT2D eigenvalue weighted by molar-refractivity contribution is 7.15. The average molecular weight is 361 g/mol. The highest BCUT2D eigenvalue weighted by atomic mass is 32.1. The molecule has 3 rings (SSSR count). The van der Waals surface area contributed by atoms with Gasteiger partial charge in [0.1, 0.15) is 11.5 Å². The fourth-order valence-corrected chi connectivity index (χ4v) is 3.40. The highest BCUT2D eigenvalue weighted by Gasteiger charge is 2.15. The Morgan fingerprint density at radius 3 is 2.92 bits per heavy atom. The van der Waals surface area contributed by atoms with Gasteiger partial charge in [-0.3, -0.25) is 9.20 Å². The lowest BCUT2D eigenvalue weighted by Crippen LogP contribution is -2.28. The minimum atomic E-state index is -0.136. The molecule has 2 aromatic heterocycles. The van der Waals surface area contributed by atoms with Gasteiger partial charge in [0, 0.05) is 29.4 Å². The summed E-state index contributed by atoms with van der Waals surface area (Å²) in [5.41, 5.74) is 2.42. The summed E-state index contributed by atoms with van der Waals surface area (Å²) in [6, 6.07) is 5.54. The Morgan fingerprint density at radius 2 is 2.20 bits per heavy atom. The van der Waals surface area contributed by atoms with Crippen molar-refractivity contribution in [1.82, 2.24) is 14.7 Å². The van der Waals surface area contributed by atoms with Crippen molar-refractivity contribution in [1.29, 1.82) is 0 Å². The normalized spacial score (nSPS) is 10.8. The third-order valence-electron chi connectivity index (χ3n) is 3.74. The number of amides is 1. The number of imidazole rings is 1. The van der Waals surface area contributed by atoms with Gasteiger partial charge in [-0.1, -0.05) is 0 Å². The van der Waals surface area contributed by atoms with Crippen LogP contribution >= 0.6 is 11.3 Å². The lowest BCUT2D eigenvalue weighted by molar-refractivity contribution is -0.120. The Balaban J connectivity index is 1.93. The Labute approximate surface area is 148 Å². The standard InChI is InChI=1S/C17H19N3O4S/c1-23-12-3-4-15(24-2)13(8-12)14-9-20-11(10-25-17(20)19-14)7-16(22)18-5-6-21/h3-4,8-10,21H,5-7H2,1-2H3,(H,18,22). The molecule has 25 heavy (non-hydrogen) atoms. The molecule has 132 valence electrons. The number of benzene rings is 1. The molecule has 0 aliphatic rings. The molecule has 0 aliphatic carbocycles. The molecule has 0 fully saturated rings. The number of ether oxygens (including phenoxy) is 2. The molecule has 0 spiro atoms. The number of hydrogen-bond donors (Lipinski definition) is 2. The molecule has 2 heterocycles. The van der Waals surface area contributed by atoms with E-state index in [0.717, 1.165) is 27.7 Å². The van der Waals surface area contributed by atoms with Gasteiger partial charge in [-0.05, 0) is 18.2 Å². The number of rotatable bonds is 7. The van der Waals surface area contributed by atoms with Gasteiger partial charge >= 0.3 is 0 Å². The van der Waals surface area contributed by atoms with Crippen molar-refractivity contribution >= 4 is 22.2 Å². The number of hydrogen-bond acceptors (Lipinski definition) is 6. The zero-order valence-electron chi connectivity index (χ0n) is 14.0. The molecule has 3 aromatic rings. The number of thiazole rings is 1. The van der Waals surface area contributed by atoms with E-state index in [0.29, 0.717) is 5.75 Å². The van der Waals surface area contributed by atoms with Gasteiger partial charge in [0.25, 0.3) is 0 Å². The van der Waals surface area contributed by atoms with Crippen LogP contribution in [-0.4, -0.2) is 47.8 Å². The van der Waals surface area contributed by atoms with Gasteiger partial charge in [-0.25, -0.2) is 4.98 Å². The molecule has 8 heteroatoms. The molecule has 0 saturated carbocycles. The van der Waals surface area contributed by atoms with E-state index < -0.39 is 0 Å². The second-order valence-electron chi connectivity index (χ2n) is 5.32. The fraction of sp³-hybridized carbons (Fsp3) is 0.294. The summed E-state index contributed by atoms with van der Waals surface area (Å²) in [5.74, 6) is 1.28. The molecule has 0 aliphatic heterocycles. The van der Waals surface area contributed by atoms with Crippen LogP contribution in [0.15, 0.2) is 29.8 Å². The van der Waals surface area contributed by atoms with Crippen LogP contribution in [0, 0.1) is 0 Å². The first kappa shape index (κ1) is 17.2. The summed E-state index contributed by atoms with van der Waals surface area (Å²) in [6.07, 6.45) is 2.11. The third-order valence-corrected chi connectivity index (χ3v) is 4.63. The van der Waals surface area contributed by atoms with Crippen molar-refractivity contribution in [3.8, 4) is 22.8 Å². The first-order valence-electron chi connectivity index (χ1n) is 7.71. The zero-order valence-corrected chi connectivity index (χ0v) is 14.8. The minimum Gasteiger partial charge on any atom is -0.497 e. The minimum absolute atomic E-state index is 0.0738. The second kappa shape index (κ2) is 7.54. The van der Waals surface area contributed by atoms with E-state index in [9.17, 15) is 4.79 Å². The summed E-state index contributed by atoms with van der Waals surface area (Å²) in [7, 11) is 3.22. The molecular weight excluding hydrogens is 342 g/mol. The van der Waals surface area contributed by atoms with Crippen molar-refractivity contribution < 1.29 is 19.4 Å². The Morgan fingerprint density at radius 1 is 1.36 bits per heavy atom. The van der Waals surface area contributed by atoms with E-state index in [1.807, 2.05) is 34.2 Å². The largest absolute Gasteiger partial charge is 0.497 e. The number of nitrogens with one attached hydrogen (secondary N) is 1. The summed E-state index contributed by atoms with van der Waals surface area (Å²) < 4.78 is 12.6. The number of fused-ring (bicyclic) bond motifs is 1. The number of nitrogens with zero attached hydrogens (tertiary/aromatic N) is 2. The molecule has 2 N–H and O–H groups in total. The van der Waals surface area contributed by atoms with Gasteiger partial charge in [0.05, 0.1) is 32.9 Å². The van der Waals surface area contributed by atoms with Crippen LogP contribution in [0.3, 0.4) is 0 Å². The monoisotopic (exact) mass is 361 g/mol. The topological polar surface area (TPSA) is 85.1 Å². The summed E-state index contributed by atoms with van der Waals surface area (Å²) >= 11 is 1.47. The van der Waals surface area contributed by atoms with E-state index in [-0.39, 0.29) is 25.5 Å². The fourth-order valence-electron chi connectivity index (χ4n) is 2.52. The molecule has 0 unspecified atom stereocenters. The Hall–Kier alpha value is -2.58. The van der Waals surface area contributed by atoms with Gasteiger partial charge in [-0.2, -0.15) is 0 Å². The predicted molar refractivity (Wildman–Crippen MR) is 95.4 cm³/mol. The second-order valence-corrected chi connectivity index (χ2v) is 6.16. The maximum atomic E-state index is 11.9. The predicted octanol–water partition coefficient (Wildman–Crippen LogP) is 1.73. The van der Waals surface area contributed by atoms with E-state index in [1.165, 1.54) is 11.3 Å². The summed E-state index contributed by atoms with van der Waals surface area (Å²) in [6.45, 7) is 0.179. The highest BCUT2D eigenvalue weighted by Crippen LogP contribution is 2.34. The molecule has 1 aromatic carbocycles. The Bertz CT molecular complexity index is 887. The smallest absolute Gasteiger partial charge is 0.226 e. The summed E-state index contributed by atoms with van der Waals surface area (Å²) in [5, 5.41) is 13.3. The molecular formula is C17H19N3O4S. The van der Waals surface area contributed by atoms with Crippen LogP contribution in [0.2, 0.25) is 0 Å². The first-order chi connectivity index (χ1) is 12.2.